The maximum atomic E-state index is 13.4. The second-order valence-corrected chi connectivity index (χ2v) is 4.74. The van der Waals surface area contributed by atoms with Gasteiger partial charge in [0.2, 0.25) is 0 Å². The van der Waals surface area contributed by atoms with Crippen LogP contribution in [-0.2, 0) is 6.54 Å². The van der Waals surface area contributed by atoms with Crippen molar-refractivity contribution in [1.82, 2.24) is 0 Å². The third kappa shape index (κ3) is 2.98. The molecule has 0 unspecified atom stereocenters. The molecule has 0 radical (unpaired) electrons. The lowest BCUT2D eigenvalue weighted by Gasteiger charge is -2.10. The fraction of sp³-hybridized carbons (Fsp3) is 0.0769. The highest BCUT2D eigenvalue weighted by Gasteiger charge is 2.05. The molecule has 5 heteroatoms. The molecule has 2 nitrogen and oxygen atoms in total. The molecule has 3 N–H and O–H groups in total. The zero-order chi connectivity index (χ0) is 13.1. The molecule has 2 aromatic carbocycles. The quantitative estimate of drug-likeness (QED) is 0.843. The maximum absolute atomic E-state index is 13.4. The van der Waals surface area contributed by atoms with Gasteiger partial charge in [0.1, 0.15) is 11.6 Å². The van der Waals surface area contributed by atoms with E-state index in [1.165, 1.54) is 12.1 Å². The number of nitrogens with one attached hydrogen (secondary N) is 1. The Balaban J connectivity index is 2.13. The van der Waals surface area contributed by atoms with Crippen LogP contribution in [0.4, 0.5) is 20.2 Å². The predicted molar refractivity (Wildman–Crippen MR) is 72.2 cm³/mol. The van der Waals surface area contributed by atoms with E-state index >= 15 is 0 Å². The fourth-order valence-corrected chi connectivity index (χ4v) is 1.90. The number of nitrogens with two attached hydrogens (primary N) is 1. The zero-order valence-electron chi connectivity index (χ0n) is 9.38. The van der Waals surface area contributed by atoms with Crippen LogP contribution in [0.2, 0.25) is 0 Å². The minimum Gasteiger partial charge on any atom is -0.397 e. The first-order valence-corrected chi connectivity index (χ1v) is 6.08. The van der Waals surface area contributed by atoms with Gasteiger partial charge in [-0.1, -0.05) is 22.0 Å². The van der Waals surface area contributed by atoms with Crippen LogP contribution in [0.1, 0.15) is 5.56 Å². The average molecular weight is 313 g/mol. The van der Waals surface area contributed by atoms with Gasteiger partial charge in [0.15, 0.2) is 0 Å². The standard InChI is InChI=1S/C13H11BrF2N2/c14-9-2-4-12(17)13(5-9)18-7-8-1-3-10(15)6-11(8)16/h1-6,18H,7,17H2. The van der Waals surface area contributed by atoms with Crippen molar-refractivity contribution in [2.45, 2.75) is 6.54 Å². The molecule has 0 aliphatic heterocycles. The second-order valence-electron chi connectivity index (χ2n) is 3.82. The Morgan fingerprint density at radius 1 is 1.11 bits per heavy atom. The van der Waals surface area contributed by atoms with Crippen molar-refractivity contribution in [3.8, 4) is 0 Å². The number of anilines is 2. The summed E-state index contributed by atoms with van der Waals surface area (Å²) in [5, 5.41) is 3.01. The highest BCUT2D eigenvalue weighted by Crippen LogP contribution is 2.24. The molecule has 0 saturated heterocycles. The Bertz CT molecular complexity index is 573. The summed E-state index contributed by atoms with van der Waals surface area (Å²) in [7, 11) is 0. The number of hydrogen-bond acceptors (Lipinski definition) is 2. The molecule has 0 amide bonds. The van der Waals surface area contributed by atoms with Crippen LogP contribution in [0.5, 0.6) is 0 Å². The van der Waals surface area contributed by atoms with Crippen LogP contribution in [-0.4, -0.2) is 0 Å². The summed E-state index contributed by atoms with van der Waals surface area (Å²) < 4.78 is 27.0. The van der Waals surface area contributed by atoms with Crippen LogP contribution < -0.4 is 11.1 Å². The van der Waals surface area contributed by atoms with Crippen molar-refractivity contribution in [3.63, 3.8) is 0 Å². The summed E-state index contributed by atoms with van der Waals surface area (Å²) in [6.45, 7) is 0.243. The Labute approximate surface area is 112 Å². The number of halogens is 3. The monoisotopic (exact) mass is 312 g/mol. The summed E-state index contributed by atoms with van der Waals surface area (Å²) in [4.78, 5) is 0. The molecule has 0 aliphatic rings. The maximum Gasteiger partial charge on any atom is 0.131 e. The van der Waals surface area contributed by atoms with E-state index in [9.17, 15) is 8.78 Å². The normalized spacial score (nSPS) is 10.4. The van der Waals surface area contributed by atoms with Crippen LogP contribution in [0.3, 0.4) is 0 Å². The van der Waals surface area contributed by atoms with Gasteiger partial charge in [-0.2, -0.15) is 0 Å². The molecular formula is C13H11BrF2N2. The lowest BCUT2D eigenvalue weighted by molar-refractivity contribution is 0.574. The van der Waals surface area contributed by atoms with E-state index in [1.54, 1.807) is 12.1 Å². The number of benzene rings is 2. The van der Waals surface area contributed by atoms with E-state index in [0.29, 0.717) is 16.9 Å². The SMILES string of the molecule is Nc1ccc(Br)cc1NCc1ccc(F)cc1F. The molecule has 0 saturated carbocycles. The average Bonchev–Trinajstić information content (AvgIpc) is 2.32. The molecule has 18 heavy (non-hydrogen) atoms. The lowest BCUT2D eigenvalue weighted by Crippen LogP contribution is -2.04. The van der Waals surface area contributed by atoms with Crippen LogP contribution in [0, 0.1) is 11.6 Å². The summed E-state index contributed by atoms with van der Waals surface area (Å²) in [5.41, 5.74) is 7.44. The van der Waals surface area contributed by atoms with Gasteiger partial charge in [0.25, 0.3) is 0 Å². The van der Waals surface area contributed by atoms with Gasteiger partial charge >= 0.3 is 0 Å². The molecule has 0 fully saturated rings. The Morgan fingerprint density at radius 2 is 1.89 bits per heavy atom. The van der Waals surface area contributed by atoms with Crippen molar-refractivity contribution in [1.29, 1.82) is 0 Å². The molecule has 94 valence electrons. The second kappa shape index (κ2) is 5.35. The number of nitrogen functional groups attached to an aromatic ring is 1. The molecular weight excluding hydrogens is 302 g/mol. The van der Waals surface area contributed by atoms with Crippen LogP contribution in [0.25, 0.3) is 0 Å². The van der Waals surface area contributed by atoms with Crippen LogP contribution in [0.15, 0.2) is 40.9 Å². The number of rotatable bonds is 3. The first-order chi connectivity index (χ1) is 8.56. The molecule has 0 spiro atoms. The van der Waals surface area contributed by atoms with Gasteiger partial charge in [-0.05, 0) is 24.3 Å². The lowest BCUT2D eigenvalue weighted by atomic mass is 10.2. The summed E-state index contributed by atoms with van der Waals surface area (Å²) >= 11 is 3.33. The Morgan fingerprint density at radius 3 is 2.61 bits per heavy atom. The van der Waals surface area contributed by atoms with Crippen LogP contribution >= 0.6 is 15.9 Å². The Kier molecular flexibility index (Phi) is 3.81. The van der Waals surface area contributed by atoms with Crippen molar-refractivity contribution < 1.29 is 8.78 Å². The fourth-order valence-electron chi connectivity index (χ4n) is 1.54. The highest BCUT2D eigenvalue weighted by molar-refractivity contribution is 9.10. The smallest absolute Gasteiger partial charge is 0.131 e. The summed E-state index contributed by atoms with van der Waals surface area (Å²) in [6.07, 6.45) is 0. The van der Waals surface area contributed by atoms with Crippen molar-refractivity contribution in [2.24, 2.45) is 0 Å². The van der Waals surface area contributed by atoms with E-state index in [1.807, 2.05) is 6.07 Å². The number of hydrogen-bond donors (Lipinski definition) is 2. The van der Waals surface area contributed by atoms with Crippen molar-refractivity contribution in [3.05, 3.63) is 58.1 Å². The van der Waals surface area contributed by atoms with Crippen molar-refractivity contribution >= 4 is 27.3 Å². The topological polar surface area (TPSA) is 38.0 Å². The summed E-state index contributed by atoms with van der Waals surface area (Å²) in [5.74, 6) is -1.16. The predicted octanol–water partition coefficient (Wildman–Crippen LogP) is 3.92. The third-order valence-electron chi connectivity index (χ3n) is 2.50. The van der Waals surface area contributed by atoms with E-state index in [0.717, 1.165) is 10.5 Å². The highest BCUT2D eigenvalue weighted by atomic mass is 79.9. The van der Waals surface area contributed by atoms with Gasteiger partial charge in [0.05, 0.1) is 11.4 Å². The first-order valence-electron chi connectivity index (χ1n) is 5.29. The van der Waals surface area contributed by atoms with E-state index in [-0.39, 0.29) is 6.54 Å². The minimum atomic E-state index is -0.585. The molecule has 0 heterocycles. The van der Waals surface area contributed by atoms with E-state index in [2.05, 4.69) is 21.2 Å². The molecule has 0 aliphatic carbocycles. The van der Waals surface area contributed by atoms with Crippen molar-refractivity contribution in [2.75, 3.05) is 11.1 Å². The van der Waals surface area contributed by atoms with E-state index in [4.69, 9.17) is 5.73 Å². The third-order valence-corrected chi connectivity index (χ3v) is 2.99. The van der Waals surface area contributed by atoms with Gasteiger partial charge in [-0.25, -0.2) is 8.78 Å². The van der Waals surface area contributed by atoms with Gasteiger partial charge in [0, 0.05) is 22.6 Å². The first kappa shape index (κ1) is 12.8. The van der Waals surface area contributed by atoms with Gasteiger partial charge < -0.3 is 11.1 Å². The molecule has 2 aromatic rings. The molecule has 0 atom stereocenters. The minimum absolute atomic E-state index is 0.243. The molecule has 2 rings (SSSR count). The van der Waals surface area contributed by atoms with E-state index < -0.39 is 11.6 Å². The molecule has 0 bridgehead atoms. The zero-order valence-corrected chi connectivity index (χ0v) is 11.0. The molecule has 0 aromatic heterocycles. The summed E-state index contributed by atoms with van der Waals surface area (Å²) in [6, 6.07) is 8.86. The van der Waals surface area contributed by atoms with Gasteiger partial charge in [-0.3, -0.25) is 0 Å². The van der Waals surface area contributed by atoms with Gasteiger partial charge in [-0.15, -0.1) is 0 Å². The largest absolute Gasteiger partial charge is 0.397 e. The Hall–Kier alpha value is -1.62.